The molecule has 3 aliphatic carbocycles. The maximum atomic E-state index is 13.2. The van der Waals surface area contributed by atoms with E-state index in [1.807, 2.05) is 18.2 Å². The predicted octanol–water partition coefficient (Wildman–Crippen LogP) is 5.61. The second kappa shape index (κ2) is 8.77. The first-order valence-corrected chi connectivity index (χ1v) is 12.1. The lowest BCUT2D eigenvalue weighted by Gasteiger charge is -2.47. The Morgan fingerprint density at radius 1 is 1.15 bits per heavy atom. The fourth-order valence-electron chi connectivity index (χ4n) is 6.25. The summed E-state index contributed by atoms with van der Waals surface area (Å²) in [4.78, 5) is 29.7. The third-order valence-corrected chi connectivity index (χ3v) is 8.08. The lowest BCUT2D eigenvalue weighted by molar-refractivity contribution is -0.143. The molecule has 33 heavy (non-hydrogen) atoms. The molecule has 0 aromatic heterocycles. The molecule has 0 radical (unpaired) electrons. The highest BCUT2D eigenvalue weighted by Crippen LogP contribution is 2.59. The van der Waals surface area contributed by atoms with E-state index in [2.05, 4.69) is 42.4 Å². The van der Waals surface area contributed by atoms with Crippen LogP contribution in [0.25, 0.3) is 0 Å². The van der Waals surface area contributed by atoms with E-state index in [0.29, 0.717) is 30.6 Å². The number of fused-ring (bicyclic) bond motifs is 5. The fraction of sp³-hybridized carbons (Fsp3) is 0.464. The molecule has 5 heteroatoms. The van der Waals surface area contributed by atoms with Gasteiger partial charge in [-0.1, -0.05) is 55.4 Å². The summed E-state index contributed by atoms with van der Waals surface area (Å²) in [6.45, 7) is 4.39. The molecule has 2 aromatic carbocycles. The highest BCUT2D eigenvalue weighted by atomic mass is 16.7. The van der Waals surface area contributed by atoms with Crippen molar-refractivity contribution in [2.45, 2.75) is 64.9 Å². The van der Waals surface area contributed by atoms with Crippen LogP contribution in [0.2, 0.25) is 0 Å². The smallest absolute Gasteiger partial charge is 0.334 e. The summed E-state index contributed by atoms with van der Waals surface area (Å²) in [5.41, 5.74) is 4.00. The predicted molar refractivity (Wildman–Crippen MR) is 126 cm³/mol. The Kier molecular flexibility index (Phi) is 5.81. The maximum Gasteiger partial charge on any atom is 0.334 e. The van der Waals surface area contributed by atoms with Crippen molar-refractivity contribution < 1.29 is 19.2 Å². The van der Waals surface area contributed by atoms with Crippen molar-refractivity contribution in [1.82, 2.24) is 0 Å². The van der Waals surface area contributed by atoms with E-state index >= 15 is 0 Å². The quantitative estimate of drug-likeness (QED) is 0.443. The van der Waals surface area contributed by atoms with E-state index < -0.39 is 11.4 Å². The van der Waals surface area contributed by atoms with Gasteiger partial charge in [0, 0.05) is 18.3 Å². The van der Waals surface area contributed by atoms with E-state index in [-0.39, 0.29) is 18.1 Å². The van der Waals surface area contributed by atoms with Crippen LogP contribution in [0.4, 0.5) is 0 Å². The molecule has 0 heterocycles. The van der Waals surface area contributed by atoms with Crippen LogP contribution >= 0.6 is 0 Å². The molecular formula is C28H31NO4. The van der Waals surface area contributed by atoms with Gasteiger partial charge in [0.15, 0.2) is 5.78 Å². The number of aryl methyl sites for hydroxylation is 1. The number of benzene rings is 2. The monoisotopic (exact) mass is 445 g/mol. The summed E-state index contributed by atoms with van der Waals surface area (Å²) >= 11 is 0. The SMILES string of the molecule is CCC(=O)O/N=C1\C[C@H]2[C@@H]3CCc4cc(OCc5ccccc5)ccc4[C@H]3CC[C@]2(C)C1=O. The molecule has 4 atom stereocenters. The Hall–Kier alpha value is -2.95. The second-order valence-corrected chi connectivity index (χ2v) is 9.89. The first kappa shape index (κ1) is 21.9. The number of hydrogen-bond donors (Lipinski definition) is 0. The zero-order chi connectivity index (χ0) is 23.0. The summed E-state index contributed by atoms with van der Waals surface area (Å²) in [5, 5.41) is 3.98. The Morgan fingerprint density at radius 3 is 2.76 bits per heavy atom. The van der Waals surface area contributed by atoms with Crippen molar-refractivity contribution in [3.05, 3.63) is 65.2 Å². The van der Waals surface area contributed by atoms with Crippen LogP contribution < -0.4 is 4.74 Å². The minimum atomic E-state index is -0.398. The molecule has 0 unspecified atom stereocenters. The average molecular weight is 446 g/mol. The van der Waals surface area contributed by atoms with E-state index in [4.69, 9.17) is 9.57 Å². The van der Waals surface area contributed by atoms with Gasteiger partial charge >= 0.3 is 5.97 Å². The Balaban J connectivity index is 1.33. The average Bonchev–Trinajstić information content (AvgIpc) is 3.11. The topological polar surface area (TPSA) is 65.0 Å². The number of ketones is 1. The third-order valence-electron chi connectivity index (χ3n) is 8.08. The molecule has 0 amide bonds. The Morgan fingerprint density at radius 2 is 1.97 bits per heavy atom. The number of nitrogens with zero attached hydrogens (tertiary/aromatic N) is 1. The van der Waals surface area contributed by atoms with E-state index in [1.54, 1.807) is 6.92 Å². The van der Waals surface area contributed by atoms with Gasteiger partial charge in [-0.3, -0.25) is 4.79 Å². The van der Waals surface area contributed by atoms with Crippen LogP contribution in [0, 0.1) is 17.3 Å². The molecule has 0 spiro atoms. The molecule has 0 bridgehead atoms. The van der Waals surface area contributed by atoms with E-state index in [9.17, 15) is 9.59 Å². The van der Waals surface area contributed by atoms with Crippen LogP contribution in [-0.4, -0.2) is 17.5 Å². The van der Waals surface area contributed by atoms with E-state index in [1.165, 1.54) is 11.1 Å². The minimum Gasteiger partial charge on any atom is -0.489 e. The summed E-state index contributed by atoms with van der Waals surface area (Å²) in [5.74, 6) is 1.76. The number of oxime groups is 1. The molecular weight excluding hydrogens is 414 g/mol. The fourth-order valence-corrected chi connectivity index (χ4v) is 6.25. The molecule has 3 aliphatic rings. The van der Waals surface area contributed by atoms with Crippen molar-refractivity contribution in [3.63, 3.8) is 0 Å². The van der Waals surface area contributed by atoms with Crippen LogP contribution in [0.5, 0.6) is 5.75 Å². The standard InChI is InChI=1S/C28H31NO4/c1-3-26(30)33-29-25-16-24-23-11-9-19-15-20(32-17-18-7-5-4-6-8-18)10-12-21(19)22(23)13-14-28(24,2)27(25)31/h4-8,10,12,15,22-24H,3,9,11,13-14,16-17H2,1-2H3/b29-25+/t22-,23-,24+,28+/m1/s1. The number of Topliss-reactive ketones (excluding diaryl/α,β-unsaturated/α-hetero) is 1. The van der Waals surface area contributed by atoms with Gasteiger partial charge in [-0.15, -0.1) is 0 Å². The second-order valence-electron chi connectivity index (χ2n) is 9.89. The molecule has 2 saturated carbocycles. The van der Waals surface area contributed by atoms with Gasteiger partial charge < -0.3 is 9.57 Å². The highest BCUT2D eigenvalue weighted by Gasteiger charge is 2.57. The molecule has 5 nitrogen and oxygen atoms in total. The van der Waals surface area contributed by atoms with Gasteiger partial charge in [-0.2, -0.15) is 0 Å². The largest absolute Gasteiger partial charge is 0.489 e. The number of carbonyl (C=O) groups excluding carboxylic acids is 2. The van der Waals surface area contributed by atoms with Gasteiger partial charge in [-0.25, -0.2) is 4.79 Å². The van der Waals surface area contributed by atoms with Gasteiger partial charge in [0.2, 0.25) is 0 Å². The zero-order valence-electron chi connectivity index (χ0n) is 19.4. The highest BCUT2D eigenvalue weighted by molar-refractivity contribution is 6.43. The molecule has 0 saturated heterocycles. The molecule has 2 aromatic rings. The summed E-state index contributed by atoms with van der Waals surface area (Å²) in [7, 11) is 0. The first-order valence-electron chi connectivity index (χ1n) is 12.1. The van der Waals surface area contributed by atoms with Crippen molar-refractivity contribution in [2.24, 2.45) is 22.4 Å². The van der Waals surface area contributed by atoms with Crippen molar-refractivity contribution >= 4 is 17.5 Å². The summed E-state index contributed by atoms with van der Waals surface area (Å²) in [6.07, 6.45) is 4.78. The minimum absolute atomic E-state index is 0.0744. The van der Waals surface area contributed by atoms with E-state index in [0.717, 1.165) is 37.0 Å². The van der Waals surface area contributed by atoms with Crippen LogP contribution in [-0.2, 0) is 27.5 Å². The summed E-state index contributed by atoms with van der Waals surface area (Å²) < 4.78 is 6.06. The first-order chi connectivity index (χ1) is 16.0. The molecule has 0 aliphatic heterocycles. The molecule has 5 rings (SSSR count). The van der Waals surface area contributed by atoms with Crippen molar-refractivity contribution in [3.8, 4) is 5.75 Å². The molecule has 0 N–H and O–H groups in total. The van der Waals surface area contributed by atoms with Gasteiger partial charge in [0.05, 0.1) is 0 Å². The Labute approximate surface area is 195 Å². The van der Waals surface area contributed by atoms with Crippen LogP contribution in [0.1, 0.15) is 68.6 Å². The van der Waals surface area contributed by atoms with Crippen molar-refractivity contribution in [1.29, 1.82) is 0 Å². The lowest BCUT2D eigenvalue weighted by Crippen LogP contribution is -2.42. The normalized spacial score (nSPS) is 29.2. The Bertz CT molecular complexity index is 1090. The molecule has 172 valence electrons. The third kappa shape index (κ3) is 3.98. The van der Waals surface area contributed by atoms with Gasteiger partial charge in [0.1, 0.15) is 18.1 Å². The maximum absolute atomic E-state index is 13.2. The number of rotatable bonds is 5. The zero-order valence-corrected chi connectivity index (χ0v) is 19.4. The van der Waals surface area contributed by atoms with Gasteiger partial charge in [-0.05, 0) is 72.3 Å². The molecule has 2 fully saturated rings. The summed E-state index contributed by atoms with van der Waals surface area (Å²) in [6, 6.07) is 16.8. The number of ether oxygens (including phenoxy) is 1. The van der Waals surface area contributed by atoms with Crippen molar-refractivity contribution in [2.75, 3.05) is 0 Å². The van der Waals surface area contributed by atoms with Gasteiger partial charge in [0.25, 0.3) is 0 Å². The lowest BCUT2D eigenvalue weighted by atomic mass is 9.55. The number of carbonyl (C=O) groups is 2. The number of hydrogen-bond acceptors (Lipinski definition) is 5. The van der Waals surface area contributed by atoms with Crippen LogP contribution in [0.3, 0.4) is 0 Å². The van der Waals surface area contributed by atoms with Crippen LogP contribution in [0.15, 0.2) is 53.7 Å².